The number of H-pyrrole nitrogens is 1. The molecule has 1 aromatic heterocycles. The van der Waals surface area contributed by atoms with Crippen LogP contribution in [0, 0.1) is 6.92 Å². The summed E-state index contributed by atoms with van der Waals surface area (Å²) in [6, 6.07) is 16.8. The predicted octanol–water partition coefficient (Wildman–Crippen LogP) is 5.06. The molecule has 3 rings (SSSR count). The van der Waals surface area contributed by atoms with E-state index < -0.39 is 0 Å². The van der Waals surface area contributed by atoms with Crippen LogP contribution in [0.2, 0.25) is 0 Å². The van der Waals surface area contributed by atoms with E-state index in [0.29, 0.717) is 0 Å². The molecule has 0 aliphatic rings. The van der Waals surface area contributed by atoms with Crippen molar-refractivity contribution in [3.05, 3.63) is 59.8 Å². The molecular weight excluding hydrogens is 270 g/mol. The van der Waals surface area contributed by atoms with Gasteiger partial charge in [0.2, 0.25) is 0 Å². The van der Waals surface area contributed by atoms with Gasteiger partial charge in [-0.1, -0.05) is 30.3 Å². The number of nitrogens with one attached hydrogen (secondary N) is 1. The van der Waals surface area contributed by atoms with E-state index in [4.69, 9.17) is 0 Å². The van der Waals surface area contributed by atoms with Crippen LogP contribution in [-0.4, -0.2) is 4.98 Å². The molecular formula is C16H15NS2. The Kier molecular flexibility index (Phi) is 3.58. The summed E-state index contributed by atoms with van der Waals surface area (Å²) in [7, 11) is 0. The molecule has 0 aliphatic heterocycles. The van der Waals surface area contributed by atoms with Crippen molar-refractivity contribution in [1.29, 1.82) is 0 Å². The fourth-order valence-corrected chi connectivity index (χ4v) is 3.44. The fourth-order valence-electron chi connectivity index (χ4n) is 2.18. The van der Waals surface area contributed by atoms with Gasteiger partial charge in [-0.2, -0.15) is 0 Å². The lowest BCUT2D eigenvalue weighted by Gasteiger charge is -2.03. The van der Waals surface area contributed by atoms with Crippen LogP contribution >= 0.6 is 24.4 Å². The molecule has 3 heteroatoms. The van der Waals surface area contributed by atoms with Gasteiger partial charge in [-0.3, -0.25) is 0 Å². The largest absolute Gasteiger partial charge is 0.358 e. The van der Waals surface area contributed by atoms with Gasteiger partial charge in [0, 0.05) is 32.1 Å². The van der Waals surface area contributed by atoms with Crippen molar-refractivity contribution in [3.63, 3.8) is 0 Å². The minimum Gasteiger partial charge on any atom is -0.358 e. The summed E-state index contributed by atoms with van der Waals surface area (Å²) in [6.07, 6.45) is 0. The Bertz CT molecular complexity index is 698. The SMILES string of the molecule is Cc1[nH]c2ccccc2c1SCc1ccc(S)cc1. The molecule has 0 saturated heterocycles. The number of rotatable bonds is 3. The number of aryl methyl sites for hydroxylation is 1. The van der Waals surface area contributed by atoms with Crippen molar-refractivity contribution in [3.8, 4) is 0 Å². The van der Waals surface area contributed by atoms with Gasteiger partial charge in [-0.15, -0.1) is 24.4 Å². The van der Waals surface area contributed by atoms with Crippen LogP contribution in [0.1, 0.15) is 11.3 Å². The Hall–Kier alpha value is -1.32. The Morgan fingerprint density at radius 1 is 1.05 bits per heavy atom. The number of aromatic amines is 1. The number of fused-ring (bicyclic) bond motifs is 1. The zero-order valence-electron chi connectivity index (χ0n) is 10.7. The number of hydrogen-bond acceptors (Lipinski definition) is 2. The van der Waals surface area contributed by atoms with Crippen LogP contribution in [0.3, 0.4) is 0 Å². The summed E-state index contributed by atoms with van der Waals surface area (Å²) < 4.78 is 0. The lowest BCUT2D eigenvalue weighted by Crippen LogP contribution is -1.81. The van der Waals surface area contributed by atoms with Crippen LogP contribution < -0.4 is 0 Å². The molecule has 19 heavy (non-hydrogen) atoms. The summed E-state index contributed by atoms with van der Waals surface area (Å²) in [5, 5.41) is 1.32. The van der Waals surface area contributed by atoms with E-state index in [1.807, 2.05) is 23.9 Å². The number of thiol groups is 1. The fraction of sp³-hybridized carbons (Fsp3) is 0.125. The third kappa shape index (κ3) is 2.67. The van der Waals surface area contributed by atoms with E-state index in [-0.39, 0.29) is 0 Å². The Morgan fingerprint density at radius 3 is 2.58 bits per heavy atom. The summed E-state index contributed by atoms with van der Waals surface area (Å²) in [6.45, 7) is 2.14. The molecule has 0 fully saturated rings. The molecule has 3 aromatic rings. The number of para-hydroxylation sites is 1. The second kappa shape index (κ2) is 5.35. The Balaban J connectivity index is 1.85. The van der Waals surface area contributed by atoms with Gasteiger partial charge in [0.05, 0.1) is 0 Å². The van der Waals surface area contributed by atoms with E-state index >= 15 is 0 Å². The minimum atomic E-state index is 0.983. The van der Waals surface area contributed by atoms with Crippen molar-refractivity contribution >= 4 is 35.3 Å². The van der Waals surface area contributed by atoms with Gasteiger partial charge in [0.1, 0.15) is 0 Å². The highest BCUT2D eigenvalue weighted by atomic mass is 32.2. The number of hydrogen-bond donors (Lipinski definition) is 2. The van der Waals surface area contributed by atoms with Crippen LogP contribution in [0.4, 0.5) is 0 Å². The van der Waals surface area contributed by atoms with Crippen LogP contribution in [0.25, 0.3) is 10.9 Å². The van der Waals surface area contributed by atoms with E-state index in [9.17, 15) is 0 Å². The smallest absolute Gasteiger partial charge is 0.0467 e. The van der Waals surface area contributed by atoms with Gasteiger partial charge >= 0.3 is 0 Å². The number of thioether (sulfide) groups is 1. The van der Waals surface area contributed by atoms with E-state index in [1.165, 1.54) is 27.1 Å². The van der Waals surface area contributed by atoms with E-state index in [0.717, 1.165) is 10.6 Å². The van der Waals surface area contributed by atoms with Gasteiger partial charge in [0.25, 0.3) is 0 Å². The molecule has 0 radical (unpaired) electrons. The Morgan fingerprint density at radius 2 is 1.79 bits per heavy atom. The second-order valence-electron chi connectivity index (χ2n) is 4.58. The normalized spacial score (nSPS) is 11.1. The lowest BCUT2D eigenvalue weighted by atomic mass is 10.2. The monoisotopic (exact) mass is 285 g/mol. The molecule has 1 nitrogen and oxygen atoms in total. The zero-order valence-corrected chi connectivity index (χ0v) is 12.4. The maximum Gasteiger partial charge on any atom is 0.0467 e. The maximum absolute atomic E-state index is 4.31. The zero-order chi connectivity index (χ0) is 13.2. The topological polar surface area (TPSA) is 15.8 Å². The quantitative estimate of drug-likeness (QED) is 0.508. The van der Waals surface area contributed by atoms with Gasteiger partial charge in [-0.05, 0) is 30.7 Å². The molecule has 0 spiro atoms. The molecule has 0 atom stereocenters. The van der Waals surface area contributed by atoms with Gasteiger partial charge in [0.15, 0.2) is 0 Å². The molecule has 0 aliphatic carbocycles. The number of aromatic nitrogens is 1. The van der Waals surface area contributed by atoms with Crippen LogP contribution in [0.5, 0.6) is 0 Å². The molecule has 96 valence electrons. The summed E-state index contributed by atoms with van der Waals surface area (Å²) >= 11 is 6.20. The van der Waals surface area contributed by atoms with Crippen molar-refractivity contribution in [1.82, 2.24) is 4.98 Å². The van der Waals surface area contributed by atoms with Crippen molar-refractivity contribution in [2.75, 3.05) is 0 Å². The Labute approximate surface area is 122 Å². The maximum atomic E-state index is 4.31. The summed E-state index contributed by atoms with van der Waals surface area (Å²) in [5.74, 6) is 0.983. The first kappa shape index (κ1) is 12.7. The molecule has 0 unspecified atom stereocenters. The summed E-state index contributed by atoms with van der Waals surface area (Å²) in [5.41, 5.74) is 3.79. The highest BCUT2D eigenvalue weighted by Crippen LogP contribution is 2.33. The first-order valence-corrected chi connectivity index (χ1v) is 7.65. The molecule has 1 heterocycles. The van der Waals surface area contributed by atoms with Crippen molar-refractivity contribution in [2.45, 2.75) is 22.5 Å². The van der Waals surface area contributed by atoms with Gasteiger partial charge < -0.3 is 4.98 Å². The van der Waals surface area contributed by atoms with Crippen molar-refractivity contribution in [2.24, 2.45) is 0 Å². The van der Waals surface area contributed by atoms with Gasteiger partial charge in [-0.25, -0.2) is 0 Å². The molecule has 0 amide bonds. The highest BCUT2D eigenvalue weighted by Gasteiger charge is 2.08. The molecule has 2 aromatic carbocycles. The van der Waals surface area contributed by atoms with E-state index in [2.05, 4.69) is 60.9 Å². The third-order valence-corrected chi connectivity index (χ3v) is 4.74. The third-order valence-electron chi connectivity index (χ3n) is 3.15. The van der Waals surface area contributed by atoms with Crippen molar-refractivity contribution < 1.29 is 0 Å². The predicted molar refractivity (Wildman–Crippen MR) is 86.3 cm³/mol. The van der Waals surface area contributed by atoms with Crippen LogP contribution in [0.15, 0.2) is 58.3 Å². The molecule has 0 bridgehead atoms. The summed E-state index contributed by atoms with van der Waals surface area (Å²) in [4.78, 5) is 5.80. The van der Waals surface area contributed by atoms with E-state index in [1.54, 1.807) is 0 Å². The lowest BCUT2D eigenvalue weighted by molar-refractivity contribution is 1.22. The standard InChI is InChI=1S/C16H15NS2/c1-11-16(14-4-2-3-5-15(14)17-11)19-10-12-6-8-13(18)9-7-12/h2-9,17-18H,10H2,1H3. The van der Waals surface area contributed by atoms with Crippen LogP contribution in [-0.2, 0) is 5.75 Å². The highest BCUT2D eigenvalue weighted by molar-refractivity contribution is 7.98. The average Bonchev–Trinajstić information content (AvgIpc) is 2.74. The minimum absolute atomic E-state index is 0.983. The first-order valence-electron chi connectivity index (χ1n) is 6.22. The average molecular weight is 285 g/mol. The molecule has 1 N–H and O–H groups in total. The molecule has 0 saturated carbocycles. The number of benzene rings is 2. The second-order valence-corrected chi connectivity index (χ2v) is 6.08. The first-order chi connectivity index (χ1) is 9.24.